The second-order valence-corrected chi connectivity index (χ2v) is 17.9. The quantitative estimate of drug-likeness (QED) is 0.0245. The molecule has 0 spiro atoms. The summed E-state index contributed by atoms with van der Waals surface area (Å²) in [7, 11) is 0. The molecular weight excluding hydrogens is 755 g/mol. The molecule has 0 aromatic heterocycles. The van der Waals surface area contributed by atoms with Crippen LogP contribution in [0.5, 0.6) is 0 Å². The van der Waals surface area contributed by atoms with Crippen molar-refractivity contribution >= 4 is 11.9 Å². The average molecular weight is 856 g/mol. The van der Waals surface area contributed by atoms with E-state index in [1.165, 1.54) is 135 Å². The Bertz CT molecular complexity index is 1050. The number of hydrogen-bond acceptors (Lipinski definition) is 5. The third-order valence-electron chi connectivity index (χ3n) is 11.9. The summed E-state index contributed by atoms with van der Waals surface area (Å²) in [5.41, 5.74) is 0. The second-order valence-electron chi connectivity index (χ2n) is 17.9. The first kappa shape index (κ1) is 58.8. The van der Waals surface area contributed by atoms with E-state index in [4.69, 9.17) is 4.74 Å². The van der Waals surface area contributed by atoms with Crippen molar-refractivity contribution in [1.29, 1.82) is 0 Å². The lowest BCUT2D eigenvalue weighted by Gasteiger charge is -2.24. The Morgan fingerprint density at radius 2 is 0.885 bits per heavy atom. The van der Waals surface area contributed by atoms with Crippen molar-refractivity contribution in [3.8, 4) is 0 Å². The fourth-order valence-corrected chi connectivity index (χ4v) is 7.86. The summed E-state index contributed by atoms with van der Waals surface area (Å²) < 4.78 is 5.92. The van der Waals surface area contributed by atoms with Crippen LogP contribution >= 0.6 is 0 Å². The number of carbonyl (C=O) groups is 2. The van der Waals surface area contributed by atoms with Crippen LogP contribution in [-0.4, -0.2) is 46.9 Å². The van der Waals surface area contributed by atoms with Gasteiger partial charge in [0.25, 0.3) is 0 Å². The molecule has 0 rings (SSSR count). The summed E-state index contributed by atoms with van der Waals surface area (Å²) in [6.45, 7) is 6.43. The van der Waals surface area contributed by atoms with Crippen molar-refractivity contribution in [1.82, 2.24) is 5.32 Å². The number of rotatable bonds is 47. The molecule has 0 saturated carbocycles. The van der Waals surface area contributed by atoms with E-state index in [1.54, 1.807) is 0 Å². The minimum absolute atomic E-state index is 0.0569. The van der Waals surface area contributed by atoms with E-state index in [-0.39, 0.29) is 24.9 Å². The minimum atomic E-state index is -0.795. The van der Waals surface area contributed by atoms with Crippen LogP contribution in [0.4, 0.5) is 0 Å². The van der Waals surface area contributed by atoms with Gasteiger partial charge < -0.3 is 20.3 Å². The summed E-state index contributed by atoms with van der Waals surface area (Å²) in [6.07, 6.45) is 58.9. The molecule has 356 valence electrons. The van der Waals surface area contributed by atoms with Crippen molar-refractivity contribution in [3.63, 3.8) is 0 Å². The van der Waals surface area contributed by atoms with Gasteiger partial charge in [-0.05, 0) is 83.5 Å². The molecule has 0 aliphatic rings. The van der Waals surface area contributed by atoms with Gasteiger partial charge in [-0.2, -0.15) is 0 Å². The molecule has 0 saturated heterocycles. The van der Waals surface area contributed by atoms with Crippen LogP contribution in [0.1, 0.15) is 265 Å². The number of allylic oxidation sites excluding steroid dienone is 8. The molecule has 0 radical (unpaired) electrons. The third-order valence-corrected chi connectivity index (χ3v) is 11.9. The van der Waals surface area contributed by atoms with Crippen LogP contribution in [0.3, 0.4) is 0 Å². The van der Waals surface area contributed by atoms with Crippen LogP contribution < -0.4 is 5.32 Å². The highest BCUT2D eigenvalue weighted by Crippen LogP contribution is 2.17. The maximum Gasteiger partial charge on any atom is 0.306 e. The van der Waals surface area contributed by atoms with E-state index < -0.39 is 18.2 Å². The Balaban J connectivity index is 4.62. The number of esters is 1. The number of hydrogen-bond donors (Lipinski definition) is 3. The zero-order chi connectivity index (χ0) is 44.5. The van der Waals surface area contributed by atoms with Crippen LogP contribution in [0.15, 0.2) is 48.6 Å². The maximum absolute atomic E-state index is 13.2. The van der Waals surface area contributed by atoms with Gasteiger partial charge in [-0.1, -0.05) is 217 Å². The topological polar surface area (TPSA) is 95.9 Å². The Kier molecular flexibility index (Phi) is 47.1. The lowest BCUT2D eigenvalue weighted by molar-refractivity contribution is -0.151. The smallest absolute Gasteiger partial charge is 0.306 e. The predicted molar refractivity (Wildman–Crippen MR) is 264 cm³/mol. The number of unbranched alkanes of at least 4 members (excludes halogenated alkanes) is 28. The Labute approximate surface area is 378 Å². The predicted octanol–water partition coefficient (Wildman–Crippen LogP) is 15.8. The molecule has 1 amide bonds. The van der Waals surface area contributed by atoms with E-state index in [1.807, 2.05) is 0 Å². The third kappa shape index (κ3) is 44.2. The number of amides is 1. The summed E-state index contributed by atoms with van der Waals surface area (Å²) in [6, 6.07) is -0.710. The maximum atomic E-state index is 13.2. The fourth-order valence-electron chi connectivity index (χ4n) is 7.86. The van der Waals surface area contributed by atoms with Crippen molar-refractivity contribution in [3.05, 3.63) is 48.6 Å². The van der Waals surface area contributed by atoms with E-state index >= 15 is 0 Å². The lowest BCUT2D eigenvalue weighted by Crippen LogP contribution is -2.46. The summed E-state index contributed by atoms with van der Waals surface area (Å²) in [4.78, 5) is 26.1. The van der Waals surface area contributed by atoms with E-state index in [2.05, 4.69) is 74.7 Å². The summed E-state index contributed by atoms with van der Waals surface area (Å²) in [5, 5.41) is 23.7. The van der Waals surface area contributed by atoms with Gasteiger partial charge in [-0.3, -0.25) is 9.59 Å². The highest BCUT2D eigenvalue weighted by Gasteiger charge is 2.24. The van der Waals surface area contributed by atoms with Crippen LogP contribution in [0.25, 0.3) is 0 Å². The van der Waals surface area contributed by atoms with Gasteiger partial charge in [0, 0.05) is 6.42 Å². The van der Waals surface area contributed by atoms with E-state index in [9.17, 15) is 19.8 Å². The first-order valence-electron chi connectivity index (χ1n) is 26.4. The SMILES string of the molecule is CCCCC/C=C\C/C=C\CCCCCCCCCC(=O)OC(CCCCC/C=C/C=C/CCCCCCCCC)CC(=O)NC(CO)C(O)CCCCCCCCCCC. The molecule has 0 aliphatic carbocycles. The van der Waals surface area contributed by atoms with Crippen molar-refractivity contribution in [2.75, 3.05) is 6.61 Å². The first-order valence-corrected chi connectivity index (χ1v) is 26.4. The van der Waals surface area contributed by atoms with Gasteiger partial charge in [0.15, 0.2) is 0 Å². The van der Waals surface area contributed by atoms with E-state index in [0.717, 1.165) is 83.5 Å². The highest BCUT2D eigenvalue weighted by molar-refractivity contribution is 5.77. The Hall–Kier alpha value is -2.18. The van der Waals surface area contributed by atoms with Gasteiger partial charge in [0.2, 0.25) is 5.91 Å². The van der Waals surface area contributed by atoms with E-state index in [0.29, 0.717) is 19.3 Å². The number of carbonyl (C=O) groups excluding carboxylic acids is 2. The van der Waals surface area contributed by atoms with Gasteiger partial charge in [0.1, 0.15) is 6.10 Å². The average Bonchev–Trinajstić information content (AvgIpc) is 3.25. The Morgan fingerprint density at radius 3 is 1.39 bits per heavy atom. The molecule has 0 aromatic rings. The molecule has 0 aliphatic heterocycles. The van der Waals surface area contributed by atoms with Gasteiger partial charge in [-0.25, -0.2) is 0 Å². The van der Waals surface area contributed by atoms with Crippen molar-refractivity contribution in [2.24, 2.45) is 0 Å². The minimum Gasteiger partial charge on any atom is -0.462 e. The number of aliphatic hydroxyl groups is 2. The molecule has 0 aromatic carbocycles. The molecule has 3 atom stereocenters. The zero-order valence-corrected chi connectivity index (χ0v) is 40.5. The number of nitrogens with one attached hydrogen (secondary N) is 1. The molecule has 0 fully saturated rings. The van der Waals surface area contributed by atoms with Crippen LogP contribution in [0, 0.1) is 0 Å². The van der Waals surface area contributed by atoms with Crippen molar-refractivity contribution < 1.29 is 24.5 Å². The largest absolute Gasteiger partial charge is 0.462 e. The molecule has 3 N–H and O–H groups in total. The lowest BCUT2D eigenvalue weighted by atomic mass is 10.0. The number of ether oxygens (including phenoxy) is 1. The van der Waals surface area contributed by atoms with Gasteiger partial charge in [-0.15, -0.1) is 0 Å². The van der Waals surface area contributed by atoms with Crippen molar-refractivity contribution in [2.45, 2.75) is 283 Å². The number of aliphatic hydroxyl groups excluding tert-OH is 2. The molecule has 0 bridgehead atoms. The molecule has 6 nitrogen and oxygen atoms in total. The first-order chi connectivity index (χ1) is 30.0. The second kappa shape index (κ2) is 48.8. The Morgan fingerprint density at radius 1 is 0.492 bits per heavy atom. The fraction of sp³-hybridized carbons (Fsp3) is 0.818. The molecule has 0 heterocycles. The van der Waals surface area contributed by atoms with Crippen LogP contribution in [-0.2, 0) is 14.3 Å². The molecule has 61 heavy (non-hydrogen) atoms. The molecule has 3 unspecified atom stereocenters. The standard InChI is InChI=1S/C55H101NO5/c1-4-7-10-13-16-19-21-23-25-27-29-31-33-36-39-42-45-48-55(60)61-51(46-43-40-37-35-32-30-28-26-24-22-20-17-14-11-8-5-2)49-54(59)56-52(50-57)53(58)47-44-41-38-34-18-15-12-9-6-3/h16,19,23,25-26,28,30,32,51-53,57-58H,4-15,17-18,20-22,24,27,29,31,33-50H2,1-3H3,(H,56,59)/b19-16-,25-23-,28-26+,32-30+. The molecule has 6 heteroatoms. The normalized spacial score (nSPS) is 13.6. The monoisotopic (exact) mass is 856 g/mol. The highest BCUT2D eigenvalue weighted by atomic mass is 16.5. The molecular formula is C55H101NO5. The van der Waals surface area contributed by atoms with Crippen LogP contribution in [0.2, 0.25) is 0 Å². The summed E-state index contributed by atoms with van der Waals surface area (Å²) >= 11 is 0. The summed E-state index contributed by atoms with van der Waals surface area (Å²) in [5.74, 6) is -0.505. The van der Waals surface area contributed by atoms with Gasteiger partial charge in [0.05, 0.1) is 25.2 Å². The zero-order valence-electron chi connectivity index (χ0n) is 40.5. The van der Waals surface area contributed by atoms with Gasteiger partial charge >= 0.3 is 5.97 Å².